The molecule has 328 valence electrons. The average Bonchev–Trinajstić information content (AvgIpc) is 3.68. The van der Waals surface area contributed by atoms with Crippen LogP contribution in [-0.4, -0.2) is 123 Å². The monoisotopic (exact) mass is 845 g/mol. The van der Waals surface area contributed by atoms with Crippen LogP contribution in [-0.2, 0) is 20.9 Å². The predicted molar refractivity (Wildman–Crippen MR) is 234 cm³/mol. The van der Waals surface area contributed by atoms with Gasteiger partial charge in [-0.05, 0) is 115 Å². The molecule has 15 nitrogen and oxygen atoms in total. The van der Waals surface area contributed by atoms with E-state index >= 15 is 0 Å². The van der Waals surface area contributed by atoms with Gasteiger partial charge in [0.1, 0.15) is 41.0 Å². The van der Waals surface area contributed by atoms with Gasteiger partial charge in [-0.1, -0.05) is 0 Å². The number of piperazine rings is 1. The fraction of sp³-hybridized carbons (Fsp3) is 0.574. The van der Waals surface area contributed by atoms with Crippen molar-refractivity contribution in [2.75, 3.05) is 56.2 Å². The zero-order chi connectivity index (χ0) is 42.8. The van der Waals surface area contributed by atoms with E-state index in [1.54, 1.807) is 18.3 Å². The number of amides is 3. The molecular formula is C47H59N9O6. The van der Waals surface area contributed by atoms with Crippen LogP contribution >= 0.6 is 0 Å². The van der Waals surface area contributed by atoms with Crippen molar-refractivity contribution in [1.29, 1.82) is 0 Å². The Bertz CT molecular complexity index is 2360. The molecule has 10 rings (SSSR count). The van der Waals surface area contributed by atoms with E-state index in [1.807, 2.05) is 24.3 Å². The number of anilines is 2. The maximum atomic E-state index is 13.4. The van der Waals surface area contributed by atoms with Crippen molar-refractivity contribution in [2.24, 2.45) is 5.92 Å². The van der Waals surface area contributed by atoms with Crippen molar-refractivity contribution in [3.63, 3.8) is 0 Å². The van der Waals surface area contributed by atoms with Crippen LogP contribution in [0.4, 0.5) is 11.5 Å². The number of aromatic nitrogens is 4. The molecule has 1 unspecified atom stereocenters. The van der Waals surface area contributed by atoms with E-state index in [-0.39, 0.29) is 35.5 Å². The van der Waals surface area contributed by atoms with Gasteiger partial charge in [0.25, 0.3) is 5.91 Å². The number of nitrogens with zero attached hydrogens (tertiary/aromatic N) is 7. The largest absolute Gasteiger partial charge is 0.494 e. The number of aromatic amines is 1. The Labute approximate surface area is 362 Å². The summed E-state index contributed by atoms with van der Waals surface area (Å²) in [6.07, 6.45) is 11.4. The zero-order valence-corrected chi connectivity index (χ0v) is 36.5. The van der Waals surface area contributed by atoms with Gasteiger partial charge in [0.05, 0.1) is 42.8 Å². The highest BCUT2D eigenvalue weighted by Gasteiger charge is 2.42. The van der Waals surface area contributed by atoms with E-state index in [0.717, 1.165) is 123 Å². The molecule has 2 aromatic heterocycles. The van der Waals surface area contributed by atoms with Crippen molar-refractivity contribution in [2.45, 2.75) is 121 Å². The maximum Gasteiger partial charge on any atom is 0.255 e. The van der Waals surface area contributed by atoms with Gasteiger partial charge < -0.3 is 28.9 Å². The van der Waals surface area contributed by atoms with Gasteiger partial charge in [0.2, 0.25) is 11.8 Å². The first-order chi connectivity index (χ1) is 29.9. The van der Waals surface area contributed by atoms with Gasteiger partial charge in [-0.3, -0.25) is 29.7 Å². The summed E-state index contributed by atoms with van der Waals surface area (Å²) in [5.41, 5.74) is 4.77. The SMILES string of the molecule is COc1c(N2CCC(OC3CCC(CN4CCN(c5cc(-c6n[nH]c7ccc(OC8(C)CC8)cc67)ncn5)C(C)(C)C4)CC3)CC2)ccc2c1CN(C1CCC(=O)NC1=O)C2=O. The van der Waals surface area contributed by atoms with E-state index in [1.165, 1.54) is 12.8 Å². The van der Waals surface area contributed by atoms with Crippen molar-refractivity contribution in [3.8, 4) is 22.9 Å². The number of fused-ring (bicyclic) bond motifs is 2. The number of rotatable bonds is 11. The molecule has 62 heavy (non-hydrogen) atoms. The number of imide groups is 1. The number of carbonyl (C=O) groups is 3. The van der Waals surface area contributed by atoms with Crippen molar-refractivity contribution < 1.29 is 28.6 Å². The summed E-state index contributed by atoms with van der Waals surface area (Å²) in [4.78, 5) is 56.1. The summed E-state index contributed by atoms with van der Waals surface area (Å²) >= 11 is 0. The van der Waals surface area contributed by atoms with Crippen molar-refractivity contribution in [1.82, 2.24) is 35.3 Å². The van der Waals surface area contributed by atoms with E-state index < -0.39 is 11.9 Å². The highest BCUT2D eigenvalue weighted by molar-refractivity contribution is 6.06. The highest BCUT2D eigenvalue weighted by atomic mass is 16.5. The molecule has 3 saturated heterocycles. The molecule has 2 saturated carbocycles. The summed E-state index contributed by atoms with van der Waals surface area (Å²) in [5.74, 6) is 2.26. The minimum Gasteiger partial charge on any atom is -0.494 e. The molecular weight excluding hydrogens is 787 g/mol. The third kappa shape index (κ3) is 7.97. The summed E-state index contributed by atoms with van der Waals surface area (Å²) in [5, 5.41) is 11.2. The number of carbonyl (C=O) groups excluding carboxylic acids is 3. The van der Waals surface area contributed by atoms with Crippen LogP contribution in [0.1, 0.15) is 101 Å². The number of benzene rings is 2. The lowest BCUT2D eigenvalue weighted by molar-refractivity contribution is -0.136. The number of methoxy groups -OCH3 is 1. The molecule has 15 heteroatoms. The Morgan fingerprint density at radius 2 is 1.66 bits per heavy atom. The van der Waals surface area contributed by atoms with Gasteiger partial charge in [-0.15, -0.1) is 0 Å². The zero-order valence-electron chi connectivity index (χ0n) is 36.5. The molecule has 1 atom stereocenters. The summed E-state index contributed by atoms with van der Waals surface area (Å²) in [7, 11) is 1.64. The number of piperidine rings is 2. The molecule has 5 fully saturated rings. The first-order valence-corrected chi connectivity index (χ1v) is 22.7. The number of hydrogen-bond donors (Lipinski definition) is 2. The molecule has 2 aliphatic carbocycles. The van der Waals surface area contributed by atoms with Gasteiger partial charge in [0.15, 0.2) is 0 Å². The predicted octanol–water partition coefficient (Wildman–Crippen LogP) is 5.87. The maximum absolute atomic E-state index is 13.4. The molecule has 6 aliphatic rings. The Morgan fingerprint density at radius 1 is 0.871 bits per heavy atom. The standard InChI is InChI=1S/C47H59N9O6/c1-46(2)27-53(21-22-56(46)40-24-37(48-28-49-40)42-34-23-32(62-47(3)17-18-47)9-11-36(34)51-52-42)25-29-5-7-30(8-6-29)61-31-15-19-54(20-16-31)38-12-10-33-35(43(38)60-4)26-55(45(33)59)39-13-14-41(57)50-44(39)58/h9-12,23-24,28-31,39H,5-8,13-22,25-27H2,1-4H3,(H,51,52)(H,50,57,58). The number of ether oxygens (including phenoxy) is 3. The molecule has 2 aromatic carbocycles. The van der Waals surface area contributed by atoms with Crippen LogP contribution in [0.5, 0.6) is 11.5 Å². The second kappa shape index (κ2) is 16.1. The summed E-state index contributed by atoms with van der Waals surface area (Å²) in [6.45, 7) is 12.7. The smallest absolute Gasteiger partial charge is 0.255 e. The number of nitrogens with one attached hydrogen (secondary N) is 2. The first kappa shape index (κ1) is 40.8. The normalized spacial score (nSPS) is 25.3. The van der Waals surface area contributed by atoms with E-state index in [0.29, 0.717) is 36.3 Å². The van der Waals surface area contributed by atoms with E-state index in [9.17, 15) is 14.4 Å². The minimum atomic E-state index is -0.654. The lowest BCUT2D eigenvalue weighted by atomic mass is 9.86. The lowest BCUT2D eigenvalue weighted by Crippen LogP contribution is -2.60. The average molecular weight is 846 g/mol. The van der Waals surface area contributed by atoms with Crippen LogP contribution in [0, 0.1) is 5.92 Å². The second-order valence-corrected chi connectivity index (χ2v) is 19.3. The Kier molecular flexibility index (Phi) is 10.6. The van der Waals surface area contributed by atoms with Crippen molar-refractivity contribution in [3.05, 3.63) is 53.9 Å². The third-order valence-electron chi connectivity index (χ3n) is 14.3. The Morgan fingerprint density at radius 3 is 2.40 bits per heavy atom. The topological polar surface area (TPSA) is 158 Å². The molecule has 0 spiro atoms. The fourth-order valence-electron chi connectivity index (χ4n) is 10.7. The second-order valence-electron chi connectivity index (χ2n) is 19.3. The van der Waals surface area contributed by atoms with Crippen LogP contribution < -0.4 is 24.6 Å². The first-order valence-electron chi connectivity index (χ1n) is 22.7. The summed E-state index contributed by atoms with van der Waals surface area (Å²) < 4.78 is 19.0. The van der Waals surface area contributed by atoms with Crippen LogP contribution in [0.25, 0.3) is 22.3 Å². The minimum absolute atomic E-state index is 0.0510. The molecule has 6 heterocycles. The number of hydrogen-bond acceptors (Lipinski definition) is 12. The molecule has 2 N–H and O–H groups in total. The van der Waals surface area contributed by atoms with E-state index in [2.05, 4.69) is 68.1 Å². The molecule has 0 bridgehead atoms. The fourth-order valence-corrected chi connectivity index (χ4v) is 10.7. The molecule has 0 radical (unpaired) electrons. The van der Waals surface area contributed by atoms with Crippen LogP contribution in [0.15, 0.2) is 42.7 Å². The van der Waals surface area contributed by atoms with Crippen molar-refractivity contribution >= 4 is 40.1 Å². The van der Waals surface area contributed by atoms with E-state index in [4.69, 9.17) is 19.2 Å². The molecule has 4 aromatic rings. The number of H-pyrrole nitrogens is 1. The van der Waals surface area contributed by atoms with Crippen LogP contribution in [0.2, 0.25) is 0 Å². The van der Waals surface area contributed by atoms with Gasteiger partial charge in [-0.25, -0.2) is 9.97 Å². The van der Waals surface area contributed by atoms with Gasteiger partial charge in [0, 0.05) is 73.8 Å². The lowest BCUT2D eigenvalue weighted by Gasteiger charge is -2.49. The quantitative estimate of drug-likeness (QED) is 0.174. The Balaban J connectivity index is 0.695. The Hall–Kier alpha value is -5.28. The van der Waals surface area contributed by atoms with Gasteiger partial charge in [-0.2, -0.15) is 5.10 Å². The highest BCUT2D eigenvalue weighted by Crippen LogP contribution is 2.43. The van der Waals surface area contributed by atoms with Crippen LogP contribution in [0.3, 0.4) is 0 Å². The third-order valence-corrected chi connectivity index (χ3v) is 14.3. The molecule has 3 amide bonds. The molecule has 4 aliphatic heterocycles. The van der Waals surface area contributed by atoms with Gasteiger partial charge >= 0.3 is 0 Å². The summed E-state index contributed by atoms with van der Waals surface area (Å²) in [6, 6.07) is 11.4.